The van der Waals surface area contributed by atoms with Gasteiger partial charge in [0, 0.05) is 10.5 Å². The second-order valence-corrected chi connectivity index (χ2v) is 5.22. The fourth-order valence-corrected chi connectivity index (χ4v) is 1.71. The van der Waals surface area contributed by atoms with Crippen LogP contribution in [0.5, 0.6) is 0 Å². The normalized spacial score (nSPS) is 13.8. The van der Waals surface area contributed by atoms with Crippen molar-refractivity contribution in [3.63, 3.8) is 0 Å². The Bertz CT molecular complexity index is 425. The van der Waals surface area contributed by atoms with Crippen molar-refractivity contribution in [1.29, 1.82) is 0 Å². The third-order valence-corrected chi connectivity index (χ3v) is 3.19. The third kappa shape index (κ3) is 4.29. The lowest BCUT2D eigenvalue weighted by Gasteiger charge is -2.18. The van der Waals surface area contributed by atoms with Crippen molar-refractivity contribution in [2.75, 3.05) is 5.32 Å². The summed E-state index contributed by atoms with van der Waals surface area (Å²) in [5, 5.41) is 5.71. The molecule has 0 saturated carbocycles. The van der Waals surface area contributed by atoms with Gasteiger partial charge in [-0.15, -0.1) is 0 Å². The summed E-state index contributed by atoms with van der Waals surface area (Å²) >= 11 is 3.19. The van der Waals surface area contributed by atoms with Gasteiger partial charge in [0.1, 0.15) is 11.9 Å². The summed E-state index contributed by atoms with van der Waals surface area (Å²) in [5.74, 6) is -0.515. The van der Waals surface area contributed by atoms with Gasteiger partial charge in [-0.2, -0.15) is 0 Å². The maximum absolute atomic E-state index is 13.6. The lowest BCUT2D eigenvalue weighted by atomic mass is 10.2. The number of hydrogen-bond acceptors (Lipinski definition) is 2. The van der Waals surface area contributed by atoms with Crippen molar-refractivity contribution in [2.24, 2.45) is 0 Å². The Hall–Kier alpha value is -1.10. The van der Waals surface area contributed by atoms with Gasteiger partial charge in [-0.1, -0.05) is 22.9 Å². The van der Waals surface area contributed by atoms with Crippen molar-refractivity contribution in [1.82, 2.24) is 5.32 Å². The van der Waals surface area contributed by atoms with Gasteiger partial charge in [-0.05, 0) is 38.5 Å². The molecule has 2 atom stereocenters. The first-order valence-corrected chi connectivity index (χ1v) is 6.75. The smallest absolute Gasteiger partial charge is 0.242 e. The Labute approximate surface area is 115 Å². The highest BCUT2D eigenvalue weighted by Gasteiger charge is 2.15. The van der Waals surface area contributed by atoms with E-state index in [9.17, 15) is 9.18 Å². The lowest BCUT2D eigenvalue weighted by Crippen LogP contribution is -2.42. The summed E-state index contributed by atoms with van der Waals surface area (Å²) in [5.41, 5.74) is 0.324. The molecule has 2 unspecified atom stereocenters. The molecule has 0 radical (unpaired) electrons. The number of carbonyl (C=O) groups excluding carboxylic acids is 1. The molecule has 1 amide bonds. The molecule has 0 aromatic heterocycles. The largest absolute Gasteiger partial charge is 0.372 e. The zero-order valence-corrected chi connectivity index (χ0v) is 12.3. The van der Waals surface area contributed by atoms with E-state index in [1.54, 1.807) is 19.1 Å². The molecule has 0 fully saturated rings. The SMILES string of the molecule is CCC(C)NC(=O)C(C)Nc1ccc(Br)cc1F. The number of halogens is 2. The number of anilines is 1. The molecule has 1 aromatic rings. The number of rotatable bonds is 5. The minimum absolute atomic E-state index is 0.122. The molecule has 0 aliphatic rings. The fraction of sp³-hybridized carbons (Fsp3) is 0.462. The van der Waals surface area contributed by atoms with Crippen LogP contribution in [-0.2, 0) is 4.79 Å². The van der Waals surface area contributed by atoms with Gasteiger partial charge in [0.25, 0.3) is 0 Å². The van der Waals surface area contributed by atoms with Crippen LogP contribution in [-0.4, -0.2) is 18.0 Å². The minimum Gasteiger partial charge on any atom is -0.372 e. The van der Waals surface area contributed by atoms with Gasteiger partial charge < -0.3 is 10.6 Å². The molecule has 0 spiro atoms. The summed E-state index contributed by atoms with van der Waals surface area (Å²) < 4.78 is 14.2. The molecular weight excluding hydrogens is 299 g/mol. The first-order valence-electron chi connectivity index (χ1n) is 5.96. The van der Waals surface area contributed by atoms with Crippen LogP contribution >= 0.6 is 15.9 Å². The second-order valence-electron chi connectivity index (χ2n) is 4.31. The van der Waals surface area contributed by atoms with Crippen LogP contribution in [0.25, 0.3) is 0 Å². The Kier molecular flexibility index (Phi) is 5.59. The molecule has 0 aliphatic carbocycles. The molecule has 0 saturated heterocycles. The number of benzene rings is 1. The van der Waals surface area contributed by atoms with Crippen molar-refractivity contribution < 1.29 is 9.18 Å². The highest BCUT2D eigenvalue weighted by molar-refractivity contribution is 9.10. The lowest BCUT2D eigenvalue weighted by molar-refractivity contribution is -0.122. The average molecular weight is 317 g/mol. The Morgan fingerprint density at radius 1 is 1.44 bits per heavy atom. The van der Waals surface area contributed by atoms with Gasteiger partial charge in [0.05, 0.1) is 5.69 Å². The number of carbonyl (C=O) groups is 1. The monoisotopic (exact) mass is 316 g/mol. The van der Waals surface area contributed by atoms with Crippen molar-refractivity contribution in [2.45, 2.75) is 39.3 Å². The highest BCUT2D eigenvalue weighted by Crippen LogP contribution is 2.19. The quantitative estimate of drug-likeness (QED) is 0.875. The van der Waals surface area contributed by atoms with Crippen LogP contribution in [0.2, 0.25) is 0 Å². The fourth-order valence-electron chi connectivity index (χ4n) is 1.38. The number of amides is 1. The molecule has 100 valence electrons. The second kappa shape index (κ2) is 6.73. The topological polar surface area (TPSA) is 41.1 Å². The molecular formula is C13H18BrFN2O. The van der Waals surface area contributed by atoms with Crippen LogP contribution in [0.3, 0.4) is 0 Å². The van der Waals surface area contributed by atoms with Crippen LogP contribution < -0.4 is 10.6 Å². The zero-order chi connectivity index (χ0) is 13.7. The molecule has 18 heavy (non-hydrogen) atoms. The molecule has 5 heteroatoms. The van der Waals surface area contributed by atoms with E-state index < -0.39 is 6.04 Å². The molecule has 2 N–H and O–H groups in total. The van der Waals surface area contributed by atoms with E-state index in [2.05, 4.69) is 26.6 Å². The van der Waals surface area contributed by atoms with Gasteiger partial charge in [-0.25, -0.2) is 4.39 Å². The maximum atomic E-state index is 13.6. The third-order valence-electron chi connectivity index (χ3n) is 2.70. The summed E-state index contributed by atoms with van der Waals surface area (Å²) in [6.45, 7) is 5.64. The first-order chi connectivity index (χ1) is 8.43. The van der Waals surface area contributed by atoms with E-state index in [4.69, 9.17) is 0 Å². The Balaban J connectivity index is 2.63. The van der Waals surface area contributed by atoms with E-state index in [1.807, 2.05) is 13.8 Å². The summed E-state index contributed by atoms with van der Waals surface area (Å²) in [6, 6.07) is 4.34. The van der Waals surface area contributed by atoms with Gasteiger partial charge in [0.15, 0.2) is 0 Å². The van der Waals surface area contributed by atoms with Gasteiger partial charge in [-0.3, -0.25) is 4.79 Å². The molecule has 1 rings (SSSR count). The molecule has 0 aliphatic heterocycles. The molecule has 1 aromatic carbocycles. The van der Waals surface area contributed by atoms with Crippen molar-refractivity contribution >= 4 is 27.5 Å². The van der Waals surface area contributed by atoms with Gasteiger partial charge in [0.2, 0.25) is 5.91 Å². The van der Waals surface area contributed by atoms with E-state index in [0.29, 0.717) is 10.2 Å². The molecule has 3 nitrogen and oxygen atoms in total. The molecule has 0 heterocycles. The van der Waals surface area contributed by atoms with E-state index >= 15 is 0 Å². The van der Waals surface area contributed by atoms with Crippen molar-refractivity contribution in [3.8, 4) is 0 Å². The highest BCUT2D eigenvalue weighted by atomic mass is 79.9. The maximum Gasteiger partial charge on any atom is 0.242 e. The number of hydrogen-bond donors (Lipinski definition) is 2. The van der Waals surface area contributed by atoms with Crippen LogP contribution in [0.4, 0.5) is 10.1 Å². The van der Waals surface area contributed by atoms with Crippen molar-refractivity contribution in [3.05, 3.63) is 28.5 Å². The average Bonchev–Trinajstić information content (AvgIpc) is 2.32. The molecule has 0 bridgehead atoms. The van der Waals surface area contributed by atoms with E-state index in [0.717, 1.165) is 6.42 Å². The van der Waals surface area contributed by atoms with Gasteiger partial charge >= 0.3 is 0 Å². The predicted octanol–water partition coefficient (Wildman–Crippen LogP) is 3.30. The summed E-state index contributed by atoms with van der Waals surface area (Å²) in [4.78, 5) is 11.8. The van der Waals surface area contributed by atoms with Crippen LogP contribution in [0.1, 0.15) is 27.2 Å². The van der Waals surface area contributed by atoms with Crippen LogP contribution in [0, 0.1) is 5.82 Å². The Morgan fingerprint density at radius 2 is 2.11 bits per heavy atom. The Morgan fingerprint density at radius 3 is 2.67 bits per heavy atom. The first kappa shape index (κ1) is 15.0. The van der Waals surface area contributed by atoms with E-state index in [1.165, 1.54) is 6.07 Å². The summed E-state index contributed by atoms with van der Waals surface area (Å²) in [6.07, 6.45) is 0.866. The predicted molar refractivity (Wildman–Crippen MR) is 75.1 cm³/mol. The number of nitrogens with one attached hydrogen (secondary N) is 2. The van der Waals surface area contributed by atoms with Crippen LogP contribution in [0.15, 0.2) is 22.7 Å². The summed E-state index contributed by atoms with van der Waals surface area (Å²) in [7, 11) is 0. The standard InChI is InChI=1S/C13H18BrFN2O/c1-4-8(2)16-13(18)9(3)17-12-6-5-10(14)7-11(12)15/h5-9,17H,4H2,1-3H3,(H,16,18). The van der Waals surface area contributed by atoms with E-state index in [-0.39, 0.29) is 17.8 Å². The minimum atomic E-state index is -0.477. The zero-order valence-electron chi connectivity index (χ0n) is 10.8.